The van der Waals surface area contributed by atoms with Crippen molar-refractivity contribution in [1.29, 1.82) is 0 Å². The summed E-state index contributed by atoms with van der Waals surface area (Å²) in [5, 5.41) is 0. The predicted molar refractivity (Wildman–Crippen MR) is 67.9 cm³/mol. The van der Waals surface area contributed by atoms with Crippen molar-refractivity contribution in [2.75, 3.05) is 5.88 Å². The second-order valence-electron chi connectivity index (χ2n) is 3.30. The standard InChI is InChI=1S/C12H14BrCl/c1-3-10(8-14)6-11-5-4-9(2)12(13)7-11/h4-7H,3,8H2,1-2H3/b10-6-. The summed E-state index contributed by atoms with van der Waals surface area (Å²) in [6.07, 6.45) is 3.16. The van der Waals surface area contributed by atoms with Gasteiger partial charge >= 0.3 is 0 Å². The van der Waals surface area contributed by atoms with E-state index in [2.05, 4.69) is 54.1 Å². The van der Waals surface area contributed by atoms with E-state index in [1.165, 1.54) is 16.7 Å². The van der Waals surface area contributed by atoms with E-state index in [1.807, 2.05) is 0 Å². The monoisotopic (exact) mass is 272 g/mol. The average molecular weight is 274 g/mol. The van der Waals surface area contributed by atoms with Crippen LogP contribution in [0.15, 0.2) is 28.2 Å². The van der Waals surface area contributed by atoms with Crippen LogP contribution < -0.4 is 0 Å². The summed E-state index contributed by atoms with van der Waals surface area (Å²) in [5.41, 5.74) is 3.73. The molecule has 14 heavy (non-hydrogen) atoms. The normalized spacial score (nSPS) is 11.9. The lowest BCUT2D eigenvalue weighted by Gasteiger charge is -2.02. The highest BCUT2D eigenvalue weighted by molar-refractivity contribution is 9.10. The van der Waals surface area contributed by atoms with Crippen LogP contribution in [0.4, 0.5) is 0 Å². The number of rotatable bonds is 3. The third-order valence-electron chi connectivity index (χ3n) is 2.19. The molecule has 0 saturated heterocycles. The molecule has 0 spiro atoms. The largest absolute Gasteiger partial charge is 0.122 e. The lowest BCUT2D eigenvalue weighted by Crippen LogP contribution is -1.83. The molecule has 2 heteroatoms. The molecule has 0 nitrogen and oxygen atoms in total. The highest BCUT2D eigenvalue weighted by Gasteiger charge is 1.97. The van der Waals surface area contributed by atoms with E-state index in [9.17, 15) is 0 Å². The Bertz CT molecular complexity index is 336. The quantitative estimate of drug-likeness (QED) is 0.695. The number of aryl methyl sites for hydroxylation is 1. The highest BCUT2D eigenvalue weighted by atomic mass is 79.9. The molecule has 0 unspecified atom stereocenters. The Balaban J connectivity index is 2.97. The van der Waals surface area contributed by atoms with Crippen molar-refractivity contribution in [1.82, 2.24) is 0 Å². The molecule has 0 aliphatic heterocycles. The Hall–Kier alpha value is -0.270. The number of hydrogen-bond donors (Lipinski definition) is 0. The Morgan fingerprint density at radius 2 is 2.21 bits per heavy atom. The van der Waals surface area contributed by atoms with Crippen molar-refractivity contribution in [3.63, 3.8) is 0 Å². The van der Waals surface area contributed by atoms with Gasteiger partial charge in [-0.15, -0.1) is 11.6 Å². The van der Waals surface area contributed by atoms with Crippen LogP contribution in [-0.4, -0.2) is 5.88 Å². The third kappa shape index (κ3) is 3.14. The van der Waals surface area contributed by atoms with Crippen molar-refractivity contribution < 1.29 is 0 Å². The molecule has 0 aliphatic rings. The molecule has 0 radical (unpaired) electrons. The molecule has 0 N–H and O–H groups in total. The first kappa shape index (κ1) is 11.8. The fraction of sp³-hybridized carbons (Fsp3) is 0.333. The van der Waals surface area contributed by atoms with Crippen molar-refractivity contribution in [3.05, 3.63) is 39.4 Å². The van der Waals surface area contributed by atoms with Gasteiger partial charge < -0.3 is 0 Å². The van der Waals surface area contributed by atoms with Crippen LogP contribution in [0.25, 0.3) is 6.08 Å². The zero-order valence-electron chi connectivity index (χ0n) is 8.48. The van der Waals surface area contributed by atoms with Crippen LogP contribution in [0.1, 0.15) is 24.5 Å². The van der Waals surface area contributed by atoms with Gasteiger partial charge in [0.25, 0.3) is 0 Å². The smallest absolute Gasteiger partial charge is 0.0436 e. The molecule has 0 aromatic heterocycles. The molecule has 1 aromatic carbocycles. The SMILES string of the molecule is CC/C(=C/c1ccc(C)c(Br)c1)CCl. The lowest BCUT2D eigenvalue weighted by atomic mass is 10.1. The van der Waals surface area contributed by atoms with E-state index < -0.39 is 0 Å². The van der Waals surface area contributed by atoms with Gasteiger partial charge in [-0.25, -0.2) is 0 Å². The Kier molecular flexibility index (Phi) is 4.70. The maximum Gasteiger partial charge on any atom is 0.0436 e. The van der Waals surface area contributed by atoms with Gasteiger partial charge in [-0.3, -0.25) is 0 Å². The topological polar surface area (TPSA) is 0 Å². The number of benzene rings is 1. The molecule has 0 aliphatic carbocycles. The van der Waals surface area contributed by atoms with Crippen molar-refractivity contribution in [3.8, 4) is 0 Å². The van der Waals surface area contributed by atoms with Gasteiger partial charge in [0, 0.05) is 10.4 Å². The number of hydrogen-bond acceptors (Lipinski definition) is 0. The first-order valence-corrected chi connectivity index (χ1v) is 6.01. The number of halogens is 2. The Morgan fingerprint density at radius 1 is 1.50 bits per heavy atom. The van der Waals surface area contributed by atoms with Crippen molar-refractivity contribution in [2.24, 2.45) is 0 Å². The molecule has 0 fully saturated rings. The fourth-order valence-corrected chi connectivity index (χ4v) is 1.83. The predicted octanol–water partition coefficient (Wildman–Crippen LogP) is 4.79. The summed E-state index contributed by atoms with van der Waals surface area (Å²) in [4.78, 5) is 0. The summed E-state index contributed by atoms with van der Waals surface area (Å²) >= 11 is 9.33. The highest BCUT2D eigenvalue weighted by Crippen LogP contribution is 2.20. The molecule has 0 bridgehead atoms. The molecule has 76 valence electrons. The maximum absolute atomic E-state index is 5.81. The van der Waals surface area contributed by atoms with Crippen molar-refractivity contribution >= 4 is 33.6 Å². The van der Waals surface area contributed by atoms with Gasteiger partial charge in [0.15, 0.2) is 0 Å². The van der Waals surface area contributed by atoms with Crippen LogP contribution >= 0.6 is 27.5 Å². The number of alkyl halides is 1. The first-order valence-electron chi connectivity index (χ1n) is 4.69. The fourth-order valence-electron chi connectivity index (χ4n) is 1.17. The number of allylic oxidation sites excluding steroid dienone is 1. The van der Waals surface area contributed by atoms with E-state index in [4.69, 9.17) is 11.6 Å². The molecule has 0 amide bonds. The van der Waals surface area contributed by atoms with E-state index >= 15 is 0 Å². The minimum Gasteiger partial charge on any atom is -0.122 e. The van der Waals surface area contributed by atoms with Crippen LogP contribution in [0.3, 0.4) is 0 Å². The molecule has 1 aromatic rings. The minimum atomic E-state index is 0.613. The molecule has 0 saturated carbocycles. The second-order valence-corrected chi connectivity index (χ2v) is 4.42. The first-order chi connectivity index (χ1) is 6.67. The van der Waals surface area contributed by atoms with Crippen molar-refractivity contribution in [2.45, 2.75) is 20.3 Å². The van der Waals surface area contributed by atoms with Gasteiger partial charge in [-0.1, -0.05) is 46.6 Å². The molecular weight excluding hydrogens is 259 g/mol. The van der Waals surface area contributed by atoms with E-state index in [1.54, 1.807) is 0 Å². The zero-order chi connectivity index (χ0) is 10.6. The third-order valence-corrected chi connectivity index (χ3v) is 3.39. The van der Waals surface area contributed by atoms with Gasteiger partial charge in [0.2, 0.25) is 0 Å². The summed E-state index contributed by atoms with van der Waals surface area (Å²) in [7, 11) is 0. The molecule has 0 atom stereocenters. The van der Waals surface area contributed by atoms with Gasteiger partial charge in [-0.2, -0.15) is 0 Å². The van der Waals surface area contributed by atoms with E-state index in [0.29, 0.717) is 5.88 Å². The molecule has 1 rings (SSSR count). The Labute approximate surface area is 99.1 Å². The maximum atomic E-state index is 5.81. The van der Waals surface area contributed by atoms with Gasteiger partial charge in [0.1, 0.15) is 0 Å². The zero-order valence-corrected chi connectivity index (χ0v) is 10.8. The second kappa shape index (κ2) is 5.57. The van der Waals surface area contributed by atoms with Crippen LogP contribution in [-0.2, 0) is 0 Å². The Morgan fingerprint density at radius 3 is 2.71 bits per heavy atom. The lowest BCUT2D eigenvalue weighted by molar-refractivity contribution is 1.12. The summed E-state index contributed by atoms with van der Waals surface area (Å²) in [6.45, 7) is 4.21. The molecule has 0 heterocycles. The molecular formula is C12H14BrCl. The van der Waals surface area contributed by atoms with Gasteiger partial charge in [-0.05, 0) is 30.5 Å². The van der Waals surface area contributed by atoms with Crippen LogP contribution in [0, 0.1) is 6.92 Å². The summed E-state index contributed by atoms with van der Waals surface area (Å²) in [6, 6.07) is 6.34. The summed E-state index contributed by atoms with van der Waals surface area (Å²) in [5.74, 6) is 0.613. The minimum absolute atomic E-state index is 0.613. The van der Waals surface area contributed by atoms with Crippen LogP contribution in [0.2, 0.25) is 0 Å². The van der Waals surface area contributed by atoms with Crippen LogP contribution in [0.5, 0.6) is 0 Å². The average Bonchev–Trinajstić information content (AvgIpc) is 2.19. The van der Waals surface area contributed by atoms with Gasteiger partial charge in [0.05, 0.1) is 0 Å². The summed E-state index contributed by atoms with van der Waals surface area (Å²) < 4.78 is 1.15. The van der Waals surface area contributed by atoms with E-state index in [0.717, 1.165) is 10.9 Å². The van der Waals surface area contributed by atoms with E-state index in [-0.39, 0.29) is 0 Å².